The molecule has 2 rings (SSSR count). The first-order chi connectivity index (χ1) is 11.0. The Morgan fingerprint density at radius 1 is 1.35 bits per heavy atom. The van der Waals surface area contributed by atoms with Crippen molar-refractivity contribution < 1.29 is 4.79 Å². The molecule has 2 aromatic rings. The summed E-state index contributed by atoms with van der Waals surface area (Å²) in [5, 5.41) is 9.23. The number of amides is 1. The van der Waals surface area contributed by atoms with Crippen LogP contribution >= 0.6 is 27.5 Å². The molecule has 0 radical (unpaired) electrons. The molecule has 3 N–H and O–H groups in total. The van der Waals surface area contributed by atoms with Crippen LogP contribution in [0, 0.1) is 6.92 Å². The van der Waals surface area contributed by atoms with Crippen molar-refractivity contribution in [3.8, 4) is 0 Å². The van der Waals surface area contributed by atoms with E-state index < -0.39 is 0 Å². The zero-order chi connectivity index (χ0) is 16.8. The van der Waals surface area contributed by atoms with Gasteiger partial charge in [-0.15, -0.1) is 0 Å². The molecule has 6 nitrogen and oxygen atoms in total. The van der Waals surface area contributed by atoms with E-state index in [0.717, 1.165) is 15.7 Å². The molecule has 0 aliphatic heterocycles. The van der Waals surface area contributed by atoms with Crippen LogP contribution in [0.15, 0.2) is 29.0 Å². The average Bonchev–Trinajstić information content (AvgIpc) is 2.50. The standard InChI is InChI=1S/C15H17BrClN5O/c1-9-7-10(16)3-4-11(9)22-12(23)5-6-19-15-13(18-2)14(17)20-8-21-15/h3-4,7-8,18H,5-6H2,1-2H3,(H,22,23)(H,19,20,21). The van der Waals surface area contributed by atoms with E-state index in [1.165, 1.54) is 6.33 Å². The van der Waals surface area contributed by atoms with Gasteiger partial charge in [0.25, 0.3) is 0 Å². The highest BCUT2D eigenvalue weighted by Crippen LogP contribution is 2.25. The first-order valence-electron chi connectivity index (χ1n) is 6.99. The van der Waals surface area contributed by atoms with Gasteiger partial charge in [-0.1, -0.05) is 27.5 Å². The number of anilines is 3. The van der Waals surface area contributed by atoms with Crippen LogP contribution in [0.2, 0.25) is 5.15 Å². The highest BCUT2D eigenvalue weighted by Gasteiger charge is 2.09. The summed E-state index contributed by atoms with van der Waals surface area (Å²) in [5.41, 5.74) is 2.42. The van der Waals surface area contributed by atoms with Crippen molar-refractivity contribution in [2.45, 2.75) is 13.3 Å². The topological polar surface area (TPSA) is 78.9 Å². The number of aromatic nitrogens is 2. The molecule has 0 unspecified atom stereocenters. The molecular formula is C15H17BrClN5O. The Morgan fingerprint density at radius 2 is 2.13 bits per heavy atom. The Balaban J connectivity index is 1.89. The Morgan fingerprint density at radius 3 is 2.83 bits per heavy atom. The molecule has 0 aliphatic rings. The van der Waals surface area contributed by atoms with Gasteiger partial charge in [-0.3, -0.25) is 4.79 Å². The number of nitrogens with one attached hydrogen (secondary N) is 3. The molecule has 0 atom stereocenters. The summed E-state index contributed by atoms with van der Waals surface area (Å²) in [4.78, 5) is 20.0. The quantitative estimate of drug-likeness (QED) is 0.647. The highest BCUT2D eigenvalue weighted by molar-refractivity contribution is 9.10. The third-order valence-corrected chi connectivity index (χ3v) is 3.94. The van der Waals surface area contributed by atoms with Crippen molar-refractivity contribution in [3.63, 3.8) is 0 Å². The lowest BCUT2D eigenvalue weighted by atomic mass is 10.2. The maximum atomic E-state index is 12.0. The molecule has 0 spiro atoms. The summed E-state index contributed by atoms with van der Waals surface area (Å²) in [5.74, 6) is 0.495. The van der Waals surface area contributed by atoms with E-state index in [2.05, 4.69) is 41.8 Å². The number of carbonyl (C=O) groups is 1. The van der Waals surface area contributed by atoms with Gasteiger partial charge < -0.3 is 16.0 Å². The van der Waals surface area contributed by atoms with E-state index in [4.69, 9.17) is 11.6 Å². The highest BCUT2D eigenvalue weighted by atomic mass is 79.9. The van der Waals surface area contributed by atoms with Crippen molar-refractivity contribution in [1.82, 2.24) is 9.97 Å². The third kappa shape index (κ3) is 4.80. The van der Waals surface area contributed by atoms with E-state index in [1.54, 1.807) is 7.05 Å². The van der Waals surface area contributed by atoms with Gasteiger partial charge in [0.2, 0.25) is 5.91 Å². The van der Waals surface area contributed by atoms with Crippen molar-refractivity contribution >= 4 is 50.6 Å². The van der Waals surface area contributed by atoms with Crippen LogP contribution in [-0.2, 0) is 4.79 Å². The molecule has 0 fully saturated rings. The smallest absolute Gasteiger partial charge is 0.226 e. The molecule has 0 saturated carbocycles. The number of hydrogen-bond donors (Lipinski definition) is 3. The minimum Gasteiger partial charge on any atom is -0.383 e. The minimum atomic E-state index is -0.0749. The molecule has 0 aliphatic carbocycles. The number of halogens is 2. The molecule has 23 heavy (non-hydrogen) atoms. The first kappa shape index (κ1) is 17.5. The summed E-state index contributed by atoms with van der Waals surface area (Å²) in [6.07, 6.45) is 1.68. The molecule has 0 bridgehead atoms. The molecule has 1 aromatic heterocycles. The SMILES string of the molecule is CNc1c(Cl)ncnc1NCCC(=O)Nc1ccc(Br)cc1C. The summed E-state index contributed by atoms with van der Waals surface area (Å²) in [6.45, 7) is 2.38. The summed E-state index contributed by atoms with van der Waals surface area (Å²) in [7, 11) is 1.73. The Bertz CT molecular complexity index is 710. The van der Waals surface area contributed by atoms with Gasteiger partial charge >= 0.3 is 0 Å². The van der Waals surface area contributed by atoms with Crippen LogP contribution in [0.3, 0.4) is 0 Å². The van der Waals surface area contributed by atoms with Crippen LogP contribution in [-0.4, -0.2) is 29.5 Å². The second kappa shape index (κ2) is 8.12. The van der Waals surface area contributed by atoms with E-state index >= 15 is 0 Å². The number of aryl methyl sites for hydroxylation is 1. The second-order valence-electron chi connectivity index (χ2n) is 4.82. The van der Waals surface area contributed by atoms with Gasteiger partial charge in [-0.25, -0.2) is 9.97 Å². The lowest BCUT2D eigenvalue weighted by molar-refractivity contribution is -0.115. The van der Waals surface area contributed by atoms with Crippen LogP contribution in [0.1, 0.15) is 12.0 Å². The van der Waals surface area contributed by atoms with Gasteiger partial charge in [-0.2, -0.15) is 0 Å². The second-order valence-corrected chi connectivity index (χ2v) is 6.10. The van der Waals surface area contributed by atoms with E-state index in [1.807, 2.05) is 25.1 Å². The van der Waals surface area contributed by atoms with Crippen LogP contribution in [0.4, 0.5) is 17.2 Å². The predicted octanol–water partition coefficient (Wildman–Crippen LogP) is 3.68. The Hall–Kier alpha value is -1.86. The number of rotatable bonds is 6. The molecule has 1 heterocycles. The Labute approximate surface area is 148 Å². The summed E-state index contributed by atoms with van der Waals surface area (Å²) >= 11 is 9.37. The van der Waals surface area contributed by atoms with Crippen LogP contribution in [0.5, 0.6) is 0 Å². The fourth-order valence-corrected chi connectivity index (χ4v) is 2.70. The fraction of sp³-hybridized carbons (Fsp3) is 0.267. The summed E-state index contributed by atoms with van der Waals surface area (Å²) in [6, 6.07) is 5.72. The van der Waals surface area contributed by atoms with Gasteiger partial charge in [0.15, 0.2) is 11.0 Å². The van der Waals surface area contributed by atoms with Crippen LogP contribution < -0.4 is 16.0 Å². The number of hydrogen-bond acceptors (Lipinski definition) is 5. The normalized spacial score (nSPS) is 10.3. The molecule has 122 valence electrons. The van der Waals surface area contributed by atoms with Crippen molar-refractivity contribution in [3.05, 3.63) is 39.7 Å². The van der Waals surface area contributed by atoms with Gasteiger partial charge in [0.05, 0.1) is 0 Å². The predicted molar refractivity (Wildman–Crippen MR) is 97.2 cm³/mol. The van der Waals surface area contributed by atoms with Crippen molar-refractivity contribution in [2.24, 2.45) is 0 Å². The Kier molecular flexibility index (Phi) is 6.18. The van der Waals surface area contributed by atoms with Crippen LogP contribution in [0.25, 0.3) is 0 Å². The van der Waals surface area contributed by atoms with E-state index in [9.17, 15) is 4.79 Å². The average molecular weight is 399 g/mol. The zero-order valence-electron chi connectivity index (χ0n) is 12.8. The lowest BCUT2D eigenvalue weighted by Crippen LogP contribution is -2.17. The maximum absolute atomic E-state index is 12.0. The molecule has 0 saturated heterocycles. The fourth-order valence-electron chi connectivity index (χ4n) is 1.99. The van der Waals surface area contributed by atoms with E-state index in [0.29, 0.717) is 29.6 Å². The van der Waals surface area contributed by atoms with Gasteiger partial charge in [0.1, 0.15) is 12.0 Å². The van der Waals surface area contributed by atoms with Gasteiger partial charge in [0, 0.05) is 30.2 Å². The van der Waals surface area contributed by atoms with Gasteiger partial charge in [-0.05, 0) is 30.7 Å². The maximum Gasteiger partial charge on any atom is 0.226 e. The van der Waals surface area contributed by atoms with Crippen molar-refractivity contribution in [2.75, 3.05) is 29.5 Å². The molecule has 8 heteroatoms. The largest absolute Gasteiger partial charge is 0.383 e. The number of benzene rings is 1. The van der Waals surface area contributed by atoms with E-state index in [-0.39, 0.29) is 5.91 Å². The monoisotopic (exact) mass is 397 g/mol. The van der Waals surface area contributed by atoms with Crippen molar-refractivity contribution in [1.29, 1.82) is 0 Å². The number of carbonyl (C=O) groups excluding carboxylic acids is 1. The third-order valence-electron chi connectivity index (χ3n) is 3.16. The zero-order valence-corrected chi connectivity index (χ0v) is 15.1. The minimum absolute atomic E-state index is 0.0749. The number of nitrogens with zero attached hydrogens (tertiary/aromatic N) is 2. The molecular weight excluding hydrogens is 382 g/mol. The molecule has 1 amide bonds. The first-order valence-corrected chi connectivity index (χ1v) is 8.16. The summed E-state index contributed by atoms with van der Waals surface area (Å²) < 4.78 is 0.981. The lowest BCUT2D eigenvalue weighted by Gasteiger charge is -2.12. The molecule has 1 aromatic carbocycles.